The van der Waals surface area contributed by atoms with E-state index in [-0.39, 0.29) is 4.99 Å². The maximum absolute atomic E-state index is 12.2. The number of nitrogens with two attached hydrogens (primary N) is 1. The molecule has 0 aliphatic carbocycles. The predicted octanol–water partition coefficient (Wildman–Crippen LogP) is 2.23. The van der Waals surface area contributed by atoms with E-state index in [2.05, 4.69) is 10.1 Å². The average molecular weight is 306 g/mol. The van der Waals surface area contributed by atoms with E-state index in [0.717, 1.165) is 6.92 Å². The summed E-state index contributed by atoms with van der Waals surface area (Å²) >= 11 is 4.78. The van der Waals surface area contributed by atoms with Crippen molar-refractivity contribution in [3.05, 3.63) is 29.8 Å². The summed E-state index contributed by atoms with van der Waals surface area (Å²) in [5.41, 5.74) is 6.35. The number of alkyl halides is 3. The third kappa shape index (κ3) is 5.14. The third-order valence-electron chi connectivity index (χ3n) is 2.36. The lowest BCUT2D eigenvalue weighted by molar-refractivity contribution is -0.213. The number of rotatable bonds is 5. The smallest absolute Gasteiger partial charge is 0.389 e. The standard InChI is InChI=1S/C12H13F3N2O2S/c1-7(12(13,14)15)19-6-10(18)17-9-4-2-3-8(5-9)11(16)20/h2-5,7H,6H2,1H3,(H2,16,20)(H,17,18). The molecule has 0 saturated heterocycles. The Bertz CT molecular complexity index is 506. The molecule has 0 fully saturated rings. The summed E-state index contributed by atoms with van der Waals surface area (Å²) in [6.45, 7) is 0.138. The molecular weight excluding hydrogens is 293 g/mol. The molecule has 0 aliphatic rings. The molecule has 1 aromatic rings. The number of ether oxygens (including phenoxy) is 1. The molecule has 1 amide bonds. The second-order valence-corrected chi connectivity index (χ2v) is 4.43. The molecule has 0 heterocycles. The molecule has 4 nitrogen and oxygen atoms in total. The van der Waals surface area contributed by atoms with Gasteiger partial charge >= 0.3 is 6.18 Å². The van der Waals surface area contributed by atoms with Crippen molar-refractivity contribution in [3.8, 4) is 0 Å². The summed E-state index contributed by atoms with van der Waals surface area (Å²) in [7, 11) is 0. The molecule has 0 bridgehead atoms. The number of halogens is 3. The molecule has 20 heavy (non-hydrogen) atoms. The molecule has 1 aromatic carbocycles. The lowest BCUT2D eigenvalue weighted by Gasteiger charge is -2.16. The Morgan fingerprint density at radius 2 is 2.15 bits per heavy atom. The summed E-state index contributed by atoms with van der Waals surface area (Å²) in [6.07, 6.45) is -6.50. The average Bonchev–Trinajstić information content (AvgIpc) is 2.35. The van der Waals surface area contributed by atoms with E-state index in [1.54, 1.807) is 18.2 Å². The monoisotopic (exact) mass is 306 g/mol. The minimum Gasteiger partial charge on any atom is -0.389 e. The third-order valence-corrected chi connectivity index (χ3v) is 2.59. The molecule has 110 valence electrons. The van der Waals surface area contributed by atoms with Crippen LogP contribution in [0.4, 0.5) is 18.9 Å². The van der Waals surface area contributed by atoms with Crippen molar-refractivity contribution in [2.24, 2.45) is 5.73 Å². The number of carbonyl (C=O) groups is 1. The van der Waals surface area contributed by atoms with Crippen molar-refractivity contribution in [2.45, 2.75) is 19.2 Å². The molecule has 3 N–H and O–H groups in total. The van der Waals surface area contributed by atoms with Crippen LogP contribution < -0.4 is 11.1 Å². The second kappa shape index (κ2) is 6.67. The zero-order valence-corrected chi connectivity index (χ0v) is 11.3. The topological polar surface area (TPSA) is 64.3 Å². The van der Waals surface area contributed by atoms with Crippen LogP contribution in [-0.2, 0) is 9.53 Å². The van der Waals surface area contributed by atoms with E-state index in [1.165, 1.54) is 6.07 Å². The quantitative estimate of drug-likeness (QED) is 0.819. The first-order valence-electron chi connectivity index (χ1n) is 5.58. The van der Waals surface area contributed by atoms with Crippen molar-refractivity contribution in [2.75, 3.05) is 11.9 Å². The van der Waals surface area contributed by atoms with Crippen molar-refractivity contribution in [1.29, 1.82) is 0 Å². The number of amides is 1. The highest BCUT2D eigenvalue weighted by Crippen LogP contribution is 2.22. The van der Waals surface area contributed by atoms with Gasteiger partial charge in [-0.05, 0) is 19.1 Å². The van der Waals surface area contributed by atoms with Crippen LogP contribution in [0, 0.1) is 0 Å². The van der Waals surface area contributed by atoms with Gasteiger partial charge in [0.1, 0.15) is 11.6 Å². The van der Waals surface area contributed by atoms with Crippen LogP contribution in [0.2, 0.25) is 0 Å². The SMILES string of the molecule is CC(OCC(=O)Nc1cccc(C(N)=S)c1)C(F)(F)F. The highest BCUT2D eigenvalue weighted by Gasteiger charge is 2.37. The van der Waals surface area contributed by atoms with Crippen LogP contribution in [0.5, 0.6) is 0 Å². The highest BCUT2D eigenvalue weighted by atomic mass is 32.1. The van der Waals surface area contributed by atoms with Crippen LogP contribution in [0.1, 0.15) is 12.5 Å². The second-order valence-electron chi connectivity index (χ2n) is 3.99. The number of hydrogen-bond acceptors (Lipinski definition) is 3. The van der Waals surface area contributed by atoms with Crippen LogP contribution >= 0.6 is 12.2 Å². The maximum atomic E-state index is 12.2. The zero-order chi connectivity index (χ0) is 15.3. The Kier molecular flexibility index (Phi) is 5.46. The fraction of sp³-hybridized carbons (Fsp3) is 0.333. The normalized spacial score (nSPS) is 12.8. The minimum atomic E-state index is -4.49. The Morgan fingerprint density at radius 3 is 2.70 bits per heavy atom. The van der Waals surface area contributed by atoms with Crippen molar-refractivity contribution < 1.29 is 22.7 Å². The largest absolute Gasteiger partial charge is 0.414 e. The Balaban J connectivity index is 2.55. The maximum Gasteiger partial charge on any atom is 0.414 e. The molecule has 1 unspecified atom stereocenters. The summed E-state index contributed by atoms with van der Waals surface area (Å²) in [6, 6.07) is 6.35. The lowest BCUT2D eigenvalue weighted by Crippen LogP contribution is -2.32. The van der Waals surface area contributed by atoms with Gasteiger partial charge in [-0.2, -0.15) is 13.2 Å². The highest BCUT2D eigenvalue weighted by molar-refractivity contribution is 7.80. The molecule has 0 aliphatic heterocycles. The molecular formula is C12H13F3N2O2S. The van der Waals surface area contributed by atoms with Gasteiger partial charge in [-0.15, -0.1) is 0 Å². The molecule has 8 heteroatoms. The van der Waals surface area contributed by atoms with Gasteiger partial charge < -0.3 is 15.8 Å². The molecule has 0 aromatic heterocycles. The number of carbonyl (C=O) groups excluding carboxylic acids is 1. The Morgan fingerprint density at radius 1 is 1.50 bits per heavy atom. The number of anilines is 1. The molecule has 0 radical (unpaired) electrons. The van der Waals surface area contributed by atoms with Crippen LogP contribution in [-0.4, -0.2) is 29.8 Å². The molecule has 0 saturated carbocycles. The number of hydrogen-bond donors (Lipinski definition) is 2. The first kappa shape index (κ1) is 16.4. The predicted molar refractivity (Wildman–Crippen MR) is 72.4 cm³/mol. The number of thiocarbonyl (C=S) groups is 1. The van der Waals surface area contributed by atoms with E-state index in [9.17, 15) is 18.0 Å². The molecule has 0 spiro atoms. The van der Waals surface area contributed by atoms with Gasteiger partial charge in [0.05, 0.1) is 0 Å². The van der Waals surface area contributed by atoms with Gasteiger partial charge in [0.15, 0.2) is 6.10 Å². The minimum absolute atomic E-state index is 0.156. The van der Waals surface area contributed by atoms with E-state index >= 15 is 0 Å². The van der Waals surface area contributed by atoms with Crippen LogP contribution in [0.15, 0.2) is 24.3 Å². The summed E-state index contributed by atoms with van der Waals surface area (Å²) in [5.74, 6) is -0.693. The van der Waals surface area contributed by atoms with Crippen molar-refractivity contribution >= 4 is 28.8 Å². The summed E-state index contributed by atoms with van der Waals surface area (Å²) < 4.78 is 41.0. The zero-order valence-electron chi connectivity index (χ0n) is 10.5. The Labute approximate surface area is 119 Å². The summed E-state index contributed by atoms with van der Waals surface area (Å²) in [5, 5.41) is 2.40. The van der Waals surface area contributed by atoms with Gasteiger partial charge in [0, 0.05) is 11.3 Å². The first-order chi connectivity index (χ1) is 9.20. The summed E-state index contributed by atoms with van der Waals surface area (Å²) in [4.78, 5) is 11.6. The fourth-order valence-corrected chi connectivity index (χ4v) is 1.37. The number of nitrogens with one attached hydrogen (secondary N) is 1. The van der Waals surface area contributed by atoms with E-state index in [1.807, 2.05) is 0 Å². The van der Waals surface area contributed by atoms with Crippen LogP contribution in [0.25, 0.3) is 0 Å². The first-order valence-corrected chi connectivity index (χ1v) is 5.99. The van der Waals surface area contributed by atoms with E-state index < -0.39 is 24.8 Å². The van der Waals surface area contributed by atoms with Crippen molar-refractivity contribution in [3.63, 3.8) is 0 Å². The molecule has 1 atom stereocenters. The van der Waals surface area contributed by atoms with Gasteiger partial charge in [-0.1, -0.05) is 24.4 Å². The van der Waals surface area contributed by atoms with E-state index in [4.69, 9.17) is 18.0 Å². The van der Waals surface area contributed by atoms with Gasteiger partial charge in [-0.25, -0.2) is 0 Å². The lowest BCUT2D eigenvalue weighted by atomic mass is 10.2. The fourth-order valence-electron chi connectivity index (χ4n) is 1.24. The van der Waals surface area contributed by atoms with Gasteiger partial charge in [-0.3, -0.25) is 4.79 Å². The van der Waals surface area contributed by atoms with Crippen molar-refractivity contribution in [1.82, 2.24) is 0 Å². The number of benzene rings is 1. The van der Waals surface area contributed by atoms with Crippen LogP contribution in [0.3, 0.4) is 0 Å². The van der Waals surface area contributed by atoms with Gasteiger partial charge in [0.2, 0.25) is 5.91 Å². The van der Waals surface area contributed by atoms with Gasteiger partial charge in [0.25, 0.3) is 0 Å². The Hall–Kier alpha value is -1.67. The van der Waals surface area contributed by atoms with E-state index in [0.29, 0.717) is 11.3 Å². The molecule has 1 rings (SSSR count).